The highest BCUT2D eigenvalue weighted by Gasteiger charge is 2.25. The number of aryl methyl sites for hydroxylation is 1. The molecule has 1 aliphatic rings. The van der Waals surface area contributed by atoms with E-state index >= 15 is 0 Å². The Morgan fingerprint density at radius 2 is 2.24 bits per heavy atom. The molecular weight excluding hydrogens is 325 g/mol. The first-order chi connectivity index (χ1) is 12.0. The molecule has 3 rings (SSSR count). The topological polar surface area (TPSA) is 91.0 Å². The SMILES string of the molecule is [C-]#[N+]c1ccc(O)c(C(=O)NC2=NCCN2)c1-c1ccnc(C)c1F. The van der Waals surface area contributed by atoms with Crippen molar-refractivity contribution in [3.63, 3.8) is 0 Å². The monoisotopic (exact) mass is 339 g/mol. The van der Waals surface area contributed by atoms with E-state index in [1.54, 1.807) is 0 Å². The van der Waals surface area contributed by atoms with Crippen LogP contribution in [0.4, 0.5) is 10.1 Å². The van der Waals surface area contributed by atoms with Gasteiger partial charge in [-0.2, -0.15) is 0 Å². The summed E-state index contributed by atoms with van der Waals surface area (Å²) in [6, 6.07) is 3.95. The molecule has 0 atom stereocenters. The van der Waals surface area contributed by atoms with Gasteiger partial charge >= 0.3 is 0 Å². The molecule has 0 bridgehead atoms. The zero-order valence-corrected chi connectivity index (χ0v) is 13.3. The molecule has 1 aliphatic heterocycles. The summed E-state index contributed by atoms with van der Waals surface area (Å²) < 4.78 is 14.6. The van der Waals surface area contributed by atoms with Crippen LogP contribution < -0.4 is 10.6 Å². The molecule has 8 heteroatoms. The van der Waals surface area contributed by atoms with Crippen LogP contribution in [0.25, 0.3) is 16.0 Å². The second-order valence-electron chi connectivity index (χ2n) is 5.33. The van der Waals surface area contributed by atoms with Crippen LogP contribution in [0.5, 0.6) is 5.75 Å². The number of aromatic nitrogens is 1. The number of hydrogen-bond acceptors (Lipinski definition) is 5. The van der Waals surface area contributed by atoms with Crippen molar-refractivity contribution in [3.8, 4) is 16.9 Å². The van der Waals surface area contributed by atoms with Gasteiger partial charge in [-0.3, -0.25) is 20.1 Å². The van der Waals surface area contributed by atoms with Gasteiger partial charge in [-0.05, 0) is 19.1 Å². The molecule has 0 saturated carbocycles. The third-order valence-corrected chi connectivity index (χ3v) is 3.75. The third kappa shape index (κ3) is 2.99. The molecule has 0 spiro atoms. The van der Waals surface area contributed by atoms with Crippen molar-refractivity contribution in [3.05, 3.63) is 52.9 Å². The van der Waals surface area contributed by atoms with Gasteiger partial charge in [-0.15, -0.1) is 0 Å². The number of carbonyl (C=O) groups excluding carboxylic acids is 1. The van der Waals surface area contributed by atoms with Crippen molar-refractivity contribution in [1.29, 1.82) is 0 Å². The van der Waals surface area contributed by atoms with Crippen LogP contribution in [0.3, 0.4) is 0 Å². The lowest BCUT2D eigenvalue weighted by Crippen LogP contribution is -2.38. The Morgan fingerprint density at radius 1 is 1.44 bits per heavy atom. The highest BCUT2D eigenvalue weighted by molar-refractivity contribution is 6.12. The Hall–Kier alpha value is -3.47. The first-order valence-electron chi connectivity index (χ1n) is 7.47. The minimum absolute atomic E-state index is 0.0223. The molecule has 2 heterocycles. The maximum absolute atomic E-state index is 14.6. The van der Waals surface area contributed by atoms with Gasteiger partial charge in [0.25, 0.3) is 5.91 Å². The Morgan fingerprint density at radius 3 is 2.92 bits per heavy atom. The van der Waals surface area contributed by atoms with E-state index in [9.17, 15) is 14.3 Å². The number of pyridine rings is 1. The van der Waals surface area contributed by atoms with Crippen LogP contribution >= 0.6 is 0 Å². The van der Waals surface area contributed by atoms with Crippen LogP contribution in [0.15, 0.2) is 29.4 Å². The number of phenolic OH excluding ortho intramolecular Hbond substituents is 1. The fourth-order valence-corrected chi connectivity index (χ4v) is 2.57. The molecule has 1 amide bonds. The van der Waals surface area contributed by atoms with E-state index in [-0.39, 0.29) is 39.8 Å². The fraction of sp³-hybridized carbons (Fsp3) is 0.176. The first kappa shape index (κ1) is 16.4. The molecule has 3 N–H and O–H groups in total. The fourth-order valence-electron chi connectivity index (χ4n) is 2.57. The molecular formula is C17H14FN5O2. The number of guanidine groups is 1. The number of benzene rings is 1. The van der Waals surface area contributed by atoms with Gasteiger partial charge in [0.1, 0.15) is 5.75 Å². The average Bonchev–Trinajstić information content (AvgIpc) is 3.10. The molecule has 0 fully saturated rings. The van der Waals surface area contributed by atoms with E-state index in [0.717, 1.165) is 0 Å². The maximum Gasteiger partial charge on any atom is 0.261 e. The van der Waals surface area contributed by atoms with Crippen LogP contribution in [-0.2, 0) is 0 Å². The number of hydrogen-bond donors (Lipinski definition) is 3. The maximum atomic E-state index is 14.6. The molecule has 25 heavy (non-hydrogen) atoms. The number of phenols is 1. The van der Waals surface area contributed by atoms with Gasteiger partial charge in [-0.25, -0.2) is 9.24 Å². The summed E-state index contributed by atoms with van der Waals surface area (Å²) in [5.41, 5.74) is 0.0445. The molecule has 7 nitrogen and oxygen atoms in total. The Bertz CT molecular complexity index is 933. The van der Waals surface area contributed by atoms with Crippen LogP contribution in [0, 0.1) is 19.3 Å². The predicted molar refractivity (Wildman–Crippen MR) is 90.1 cm³/mol. The summed E-state index contributed by atoms with van der Waals surface area (Å²) in [6.45, 7) is 9.92. The van der Waals surface area contributed by atoms with Gasteiger partial charge in [0.2, 0.25) is 0 Å². The standard InChI is InChI=1S/C17H14FN5O2/c1-9-15(18)10(5-6-20-9)13-11(19-2)3-4-12(24)14(13)16(25)23-17-21-7-8-22-17/h3-6,24H,7-8H2,1H3,(H2,21,22,23,25). The number of carbonyl (C=O) groups is 1. The van der Waals surface area contributed by atoms with Crippen molar-refractivity contribution in [2.24, 2.45) is 4.99 Å². The number of nitrogens with zero attached hydrogens (tertiary/aromatic N) is 3. The van der Waals surface area contributed by atoms with Crippen LogP contribution in [-0.4, -0.2) is 35.0 Å². The van der Waals surface area contributed by atoms with Crippen LogP contribution in [0.1, 0.15) is 16.1 Å². The molecule has 0 radical (unpaired) electrons. The van der Waals surface area contributed by atoms with Crippen molar-refractivity contribution in [1.82, 2.24) is 15.6 Å². The lowest BCUT2D eigenvalue weighted by molar-refractivity contribution is 0.0974. The molecule has 1 aromatic carbocycles. The molecule has 1 aromatic heterocycles. The van der Waals surface area contributed by atoms with Crippen molar-refractivity contribution in [2.45, 2.75) is 6.92 Å². The Kier molecular flexibility index (Phi) is 4.31. The number of aliphatic imine (C=N–C) groups is 1. The molecule has 0 aliphatic carbocycles. The van der Waals surface area contributed by atoms with Crippen LogP contribution in [0.2, 0.25) is 0 Å². The quantitative estimate of drug-likeness (QED) is 0.731. The summed E-state index contributed by atoms with van der Waals surface area (Å²) in [5, 5.41) is 15.6. The zero-order valence-electron chi connectivity index (χ0n) is 13.3. The van der Waals surface area contributed by atoms with E-state index in [4.69, 9.17) is 6.57 Å². The smallest absolute Gasteiger partial charge is 0.261 e. The number of nitrogens with one attached hydrogen (secondary N) is 2. The van der Waals surface area contributed by atoms with Crippen molar-refractivity contribution in [2.75, 3.05) is 13.1 Å². The molecule has 126 valence electrons. The highest BCUT2D eigenvalue weighted by atomic mass is 19.1. The summed E-state index contributed by atoms with van der Waals surface area (Å²) in [5.74, 6) is -1.41. The number of aromatic hydroxyl groups is 1. The van der Waals surface area contributed by atoms with E-state index in [1.165, 1.54) is 31.3 Å². The van der Waals surface area contributed by atoms with Gasteiger partial charge in [0.15, 0.2) is 17.5 Å². The third-order valence-electron chi connectivity index (χ3n) is 3.75. The first-order valence-corrected chi connectivity index (χ1v) is 7.47. The van der Waals surface area contributed by atoms with Gasteiger partial charge in [0.05, 0.1) is 24.4 Å². The minimum atomic E-state index is -0.681. The largest absolute Gasteiger partial charge is 0.507 e. The van der Waals surface area contributed by atoms with E-state index in [1.807, 2.05) is 0 Å². The second-order valence-corrected chi connectivity index (χ2v) is 5.33. The summed E-state index contributed by atoms with van der Waals surface area (Å²) >= 11 is 0. The normalized spacial score (nSPS) is 12.9. The van der Waals surface area contributed by atoms with E-state index in [2.05, 4.69) is 25.5 Å². The molecule has 0 saturated heterocycles. The Labute approximate surface area is 143 Å². The lowest BCUT2D eigenvalue weighted by atomic mass is 9.96. The Balaban J connectivity index is 2.19. The lowest BCUT2D eigenvalue weighted by Gasteiger charge is -2.15. The predicted octanol–water partition coefficient (Wildman–Crippen LogP) is 2.14. The minimum Gasteiger partial charge on any atom is -0.507 e. The summed E-state index contributed by atoms with van der Waals surface area (Å²) in [6.07, 6.45) is 1.38. The number of rotatable bonds is 2. The summed E-state index contributed by atoms with van der Waals surface area (Å²) in [4.78, 5) is 23.9. The van der Waals surface area contributed by atoms with Gasteiger partial charge in [0, 0.05) is 23.9 Å². The van der Waals surface area contributed by atoms with Crippen molar-refractivity contribution >= 4 is 17.6 Å². The second kappa shape index (κ2) is 6.57. The number of amides is 1. The molecule has 2 aromatic rings. The number of halogens is 1. The van der Waals surface area contributed by atoms with Gasteiger partial charge < -0.3 is 10.4 Å². The van der Waals surface area contributed by atoms with E-state index in [0.29, 0.717) is 13.1 Å². The van der Waals surface area contributed by atoms with Gasteiger partial charge in [-0.1, -0.05) is 6.07 Å². The average molecular weight is 339 g/mol. The van der Waals surface area contributed by atoms with E-state index < -0.39 is 11.7 Å². The van der Waals surface area contributed by atoms with Crippen molar-refractivity contribution < 1.29 is 14.3 Å². The zero-order chi connectivity index (χ0) is 18.0. The highest BCUT2D eigenvalue weighted by Crippen LogP contribution is 2.39. The summed E-state index contributed by atoms with van der Waals surface area (Å²) in [7, 11) is 0. The molecule has 0 unspecified atom stereocenters.